The Bertz CT molecular complexity index is 436. The molecule has 1 saturated heterocycles. The van der Waals surface area contributed by atoms with E-state index in [1.54, 1.807) is 0 Å². The Balaban J connectivity index is 2.20. The summed E-state index contributed by atoms with van der Waals surface area (Å²) >= 11 is 0. The van der Waals surface area contributed by atoms with Gasteiger partial charge in [-0.15, -0.1) is 0 Å². The van der Waals surface area contributed by atoms with Crippen molar-refractivity contribution in [3.05, 3.63) is 4.13 Å². The van der Waals surface area contributed by atoms with Crippen LogP contribution in [0.2, 0.25) is 0 Å². The van der Waals surface area contributed by atoms with Crippen LogP contribution >= 0.6 is 0 Å². The van der Waals surface area contributed by atoms with E-state index in [2.05, 4.69) is 4.13 Å². The lowest BCUT2D eigenvalue weighted by atomic mass is 10.00. The Morgan fingerprint density at radius 2 is 1.29 bits per heavy atom. The van der Waals surface area contributed by atoms with Crippen molar-refractivity contribution in [3.63, 3.8) is 0 Å². The van der Waals surface area contributed by atoms with Gasteiger partial charge in [0.25, 0.3) is 0 Å². The van der Waals surface area contributed by atoms with Gasteiger partial charge >= 0.3 is 0 Å². The first-order chi connectivity index (χ1) is 6.42. The van der Waals surface area contributed by atoms with Gasteiger partial charge in [-0.25, -0.2) is 16.8 Å². The number of hydrogen-bond acceptors (Lipinski definition) is 4. The zero-order chi connectivity index (χ0) is 10.1. The molecule has 0 N–H and O–H groups in total. The van der Waals surface area contributed by atoms with Gasteiger partial charge in [-0.05, 0) is 31.1 Å². The number of fused-ring (bicyclic) bond motifs is 5. The zero-order valence-corrected chi connectivity index (χ0v) is 8.96. The summed E-state index contributed by atoms with van der Waals surface area (Å²) in [6.07, 6.45) is 2.44. The van der Waals surface area contributed by atoms with Crippen molar-refractivity contribution in [1.82, 2.24) is 0 Å². The van der Waals surface area contributed by atoms with Crippen molar-refractivity contribution in [2.45, 2.75) is 29.8 Å². The van der Waals surface area contributed by atoms with Crippen LogP contribution in [-0.2, 0) is 20.0 Å². The highest BCUT2D eigenvalue weighted by molar-refractivity contribution is 8.16. The Hall–Kier alpha value is -0.140. The van der Waals surface area contributed by atoms with Crippen LogP contribution in [0.15, 0.2) is 0 Å². The normalized spacial score (nSPS) is 52.0. The predicted molar refractivity (Wildman–Crippen MR) is 49.6 cm³/mol. The summed E-state index contributed by atoms with van der Waals surface area (Å²) in [6.45, 7) is 0. The van der Waals surface area contributed by atoms with Gasteiger partial charge in [-0.2, -0.15) is 0 Å². The van der Waals surface area contributed by atoms with Gasteiger partial charge in [0.1, 0.15) is 0 Å². The van der Waals surface area contributed by atoms with E-state index in [4.69, 9.17) is 0 Å². The van der Waals surface area contributed by atoms with Crippen molar-refractivity contribution in [1.29, 1.82) is 0 Å². The van der Waals surface area contributed by atoms with E-state index in [1.165, 1.54) is 0 Å². The van der Waals surface area contributed by atoms with Gasteiger partial charge in [0, 0.05) is 0 Å². The lowest BCUT2D eigenvalue weighted by molar-refractivity contribution is 0.466. The second-order valence-corrected chi connectivity index (χ2v) is 8.11. The van der Waals surface area contributed by atoms with Crippen LogP contribution in [0.5, 0.6) is 0 Å². The number of sulfonamides is 2. The van der Waals surface area contributed by atoms with Gasteiger partial charge < -0.3 is 4.13 Å². The summed E-state index contributed by atoms with van der Waals surface area (Å²) in [6, 6.07) is 0. The molecule has 0 aromatic rings. The average molecular weight is 236 g/mol. The fraction of sp³-hybridized carbons (Fsp3) is 1.00. The highest BCUT2D eigenvalue weighted by Crippen LogP contribution is 2.56. The molecule has 14 heavy (non-hydrogen) atoms. The third kappa shape index (κ3) is 0.926. The smallest absolute Gasteiger partial charge is 0.0874 e. The summed E-state index contributed by atoms with van der Waals surface area (Å²) in [7, 11) is -7.45. The maximum absolute atomic E-state index is 11.5. The number of nitrogens with zero attached hydrogens (tertiary/aromatic N) is 1. The van der Waals surface area contributed by atoms with Gasteiger partial charge in [0.2, 0.25) is 0 Å². The van der Waals surface area contributed by atoms with Gasteiger partial charge in [0.05, 0.1) is 30.5 Å². The van der Waals surface area contributed by atoms with Crippen LogP contribution in [0.4, 0.5) is 0 Å². The van der Waals surface area contributed by atoms with Crippen molar-refractivity contribution in [2.24, 2.45) is 11.8 Å². The molecule has 3 fully saturated rings. The van der Waals surface area contributed by atoms with E-state index in [1.807, 2.05) is 0 Å². The molecule has 1 aliphatic heterocycles. The summed E-state index contributed by atoms with van der Waals surface area (Å²) in [5.74, 6) is 0.0760. The van der Waals surface area contributed by atoms with Crippen LogP contribution in [-0.4, -0.2) is 27.3 Å². The van der Waals surface area contributed by atoms with Crippen molar-refractivity contribution < 1.29 is 16.8 Å². The molecule has 0 aromatic heterocycles. The van der Waals surface area contributed by atoms with Gasteiger partial charge in [0.15, 0.2) is 0 Å². The van der Waals surface area contributed by atoms with Crippen molar-refractivity contribution in [3.8, 4) is 0 Å². The highest BCUT2D eigenvalue weighted by atomic mass is 32.3. The third-order valence-corrected chi connectivity index (χ3v) is 8.23. The molecular weight excluding hydrogens is 226 g/mol. The second kappa shape index (κ2) is 2.33. The Morgan fingerprint density at radius 1 is 0.857 bits per heavy atom. The molecule has 80 valence electrons. The summed E-state index contributed by atoms with van der Waals surface area (Å²) in [4.78, 5) is 0. The first kappa shape index (κ1) is 9.11. The average Bonchev–Trinajstić information content (AvgIpc) is 2.61. The molecule has 2 aliphatic carbocycles. The fourth-order valence-corrected chi connectivity index (χ4v) is 8.64. The molecule has 0 amide bonds. The van der Waals surface area contributed by atoms with Crippen LogP contribution in [0.25, 0.3) is 4.13 Å². The maximum atomic E-state index is 11.5. The summed E-state index contributed by atoms with van der Waals surface area (Å²) in [5, 5.41) is -1.43. The van der Waals surface area contributed by atoms with E-state index >= 15 is 0 Å². The topological polar surface area (TPSA) is 82.4 Å². The van der Waals surface area contributed by atoms with E-state index in [0.717, 1.165) is 19.3 Å². The second-order valence-electron chi connectivity index (χ2n) is 4.37. The molecule has 5 nitrogen and oxygen atoms in total. The minimum atomic E-state index is -3.73. The van der Waals surface area contributed by atoms with E-state index in [9.17, 15) is 16.8 Å². The number of rotatable bonds is 0. The number of hydrogen-bond donors (Lipinski definition) is 0. The molecule has 2 saturated carbocycles. The van der Waals surface area contributed by atoms with Crippen molar-refractivity contribution in [2.75, 3.05) is 0 Å². The summed E-state index contributed by atoms with van der Waals surface area (Å²) in [5.41, 5.74) is 0. The molecule has 0 spiro atoms. The van der Waals surface area contributed by atoms with E-state index in [-0.39, 0.29) is 11.8 Å². The Labute approximate surface area is 83.0 Å². The third-order valence-electron chi connectivity index (χ3n) is 3.66. The highest BCUT2D eigenvalue weighted by Gasteiger charge is 2.58. The zero-order valence-electron chi connectivity index (χ0n) is 7.33. The Morgan fingerprint density at radius 3 is 1.71 bits per heavy atom. The lowest BCUT2D eigenvalue weighted by Gasteiger charge is -2.23. The quantitative estimate of drug-likeness (QED) is 0.601. The Kier molecular flexibility index (Phi) is 1.52. The van der Waals surface area contributed by atoms with Crippen LogP contribution in [0, 0.1) is 11.8 Å². The molecule has 7 heteroatoms. The molecule has 4 unspecified atom stereocenters. The predicted octanol–water partition coefficient (Wildman–Crippen LogP) is 0.200. The van der Waals surface area contributed by atoms with Crippen LogP contribution < -0.4 is 0 Å². The maximum Gasteiger partial charge on any atom is 0.0874 e. The molecule has 3 rings (SSSR count). The monoisotopic (exact) mass is 236 g/mol. The molecule has 3 aliphatic rings. The SMILES string of the molecule is O=S1(=O)[N-]S(=O)(=O)C2C3CCC(C3)C21. The minimum Gasteiger partial charge on any atom is -0.436 e. The molecular formula is C7H10NO4S2-. The largest absolute Gasteiger partial charge is 0.436 e. The first-order valence-corrected chi connectivity index (χ1v) is 7.64. The standard InChI is InChI=1S/C7H10NO4S2/c9-13(10)6-4-1-2-5(3-4)7(6)14(11,12)8-13/h4-7H,1-3H2/q-1. The first-order valence-electron chi connectivity index (χ1n) is 4.64. The minimum absolute atomic E-state index is 0.0380. The molecule has 0 radical (unpaired) electrons. The fourth-order valence-electron chi connectivity index (χ4n) is 3.26. The van der Waals surface area contributed by atoms with Crippen LogP contribution in [0.1, 0.15) is 19.3 Å². The van der Waals surface area contributed by atoms with E-state index in [0.29, 0.717) is 0 Å². The molecule has 4 atom stereocenters. The molecule has 2 bridgehead atoms. The molecule has 0 aromatic carbocycles. The molecule has 1 heterocycles. The lowest BCUT2D eigenvalue weighted by Crippen LogP contribution is -2.34. The van der Waals surface area contributed by atoms with Crippen LogP contribution in [0.3, 0.4) is 0 Å². The van der Waals surface area contributed by atoms with E-state index < -0.39 is 30.5 Å². The van der Waals surface area contributed by atoms with Crippen molar-refractivity contribution >= 4 is 20.0 Å². The summed E-state index contributed by atoms with van der Waals surface area (Å²) < 4.78 is 49.0. The van der Waals surface area contributed by atoms with Gasteiger partial charge in [-0.1, -0.05) is 0 Å². The van der Waals surface area contributed by atoms with Gasteiger partial charge in [-0.3, -0.25) is 0 Å².